The smallest absolute Gasteiger partial charge is 0.256 e. The van der Waals surface area contributed by atoms with Crippen LogP contribution in [0.5, 0.6) is 0 Å². The van der Waals surface area contributed by atoms with Crippen LogP contribution in [-0.2, 0) is 14.3 Å². The molecule has 0 bridgehead atoms. The van der Waals surface area contributed by atoms with Gasteiger partial charge in [-0.2, -0.15) is 0 Å². The molecule has 1 spiro atoms. The molecule has 7 nitrogen and oxygen atoms in total. The van der Waals surface area contributed by atoms with Crippen molar-refractivity contribution >= 4 is 17.7 Å². The molecule has 2 fully saturated rings. The van der Waals surface area contributed by atoms with E-state index in [-0.39, 0.29) is 35.8 Å². The van der Waals surface area contributed by atoms with Crippen molar-refractivity contribution in [1.29, 1.82) is 0 Å². The first-order valence-electron chi connectivity index (χ1n) is 11.5. The van der Waals surface area contributed by atoms with E-state index >= 15 is 0 Å². The molecule has 1 aromatic carbocycles. The summed E-state index contributed by atoms with van der Waals surface area (Å²) in [5, 5.41) is 2.93. The van der Waals surface area contributed by atoms with Crippen molar-refractivity contribution in [2.24, 2.45) is 5.41 Å². The van der Waals surface area contributed by atoms with E-state index in [0.29, 0.717) is 37.9 Å². The van der Waals surface area contributed by atoms with Crippen LogP contribution in [-0.4, -0.2) is 65.0 Å². The molecule has 3 amide bonds. The average Bonchev–Trinajstić information content (AvgIpc) is 3.05. The summed E-state index contributed by atoms with van der Waals surface area (Å²) in [7, 11) is 0. The summed E-state index contributed by atoms with van der Waals surface area (Å²) in [6.07, 6.45) is 1.46. The number of amides is 3. The fraction of sp³-hybridized carbons (Fsp3) is 0.640. The maximum Gasteiger partial charge on any atom is 0.256 e. The average molecular weight is 444 g/mol. The zero-order valence-corrected chi connectivity index (χ0v) is 20.2. The third kappa shape index (κ3) is 5.31. The van der Waals surface area contributed by atoms with E-state index in [9.17, 15) is 14.4 Å². The molecule has 2 saturated heterocycles. The Morgan fingerprint density at radius 2 is 1.84 bits per heavy atom. The van der Waals surface area contributed by atoms with Gasteiger partial charge in [0.25, 0.3) is 5.91 Å². The number of hydrogen-bond acceptors (Lipinski definition) is 4. The summed E-state index contributed by atoms with van der Waals surface area (Å²) < 4.78 is 6.22. The Labute approximate surface area is 191 Å². The minimum absolute atomic E-state index is 0.0353. The van der Waals surface area contributed by atoms with Crippen molar-refractivity contribution in [3.05, 3.63) is 35.4 Å². The molecular weight excluding hydrogens is 406 g/mol. The molecule has 0 aromatic heterocycles. The lowest BCUT2D eigenvalue weighted by Crippen LogP contribution is -2.60. The zero-order chi connectivity index (χ0) is 23.7. The molecule has 1 N–H and O–H groups in total. The van der Waals surface area contributed by atoms with Crippen LogP contribution in [0.4, 0.5) is 0 Å². The lowest BCUT2D eigenvalue weighted by Gasteiger charge is -2.45. The second-order valence-electron chi connectivity index (χ2n) is 10.6. The molecule has 32 heavy (non-hydrogen) atoms. The van der Waals surface area contributed by atoms with Crippen LogP contribution >= 0.6 is 0 Å². The Morgan fingerprint density at radius 3 is 2.41 bits per heavy atom. The monoisotopic (exact) mass is 443 g/mol. The summed E-state index contributed by atoms with van der Waals surface area (Å²) in [6, 6.07) is 6.68. The number of piperidine rings is 1. The van der Waals surface area contributed by atoms with Crippen molar-refractivity contribution in [1.82, 2.24) is 15.1 Å². The predicted molar refractivity (Wildman–Crippen MR) is 123 cm³/mol. The highest BCUT2D eigenvalue weighted by atomic mass is 16.5. The highest BCUT2D eigenvalue weighted by Crippen LogP contribution is 2.39. The first kappa shape index (κ1) is 24.2. The van der Waals surface area contributed by atoms with Crippen molar-refractivity contribution in [2.75, 3.05) is 19.7 Å². The number of nitrogens with one attached hydrogen (secondary N) is 1. The van der Waals surface area contributed by atoms with Gasteiger partial charge < -0.3 is 15.0 Å². The first-order valence-corrected chi connectivity index (χ1v) is 11.5. The van der Waals surface area contributed by atoms with Gasteiger partial charge in [-0.1, -0.05) is 38.5 Å². The van der Waals surface area contributed by atoms with Crippen molar-refractivity contribution in [3.8, 4) is 0 Å². The topological polar surface area (TPSA) is 79.0 Å². The normalized spacial score (nSPS) is 20.7. The number of carbonyl (C=O) groups is 3. The fourth-order valence-corrected chi connectivity index (χ4v) is 4.54. The lowest BCUT2D eigenvalue weighted by molar-refractivity contribution is -0.145. The second-order valence-corrected chi connectivity index (χ2v) is 10.6. The van der Waals surface area contributed by atoms with Gasteiger partial charge in [0.1, 0.15) is 11.8 Å². The molecule has 1 aromatic rings. The van der Waals surface area contributed by atoms with Gasteiger partial charge in [0.15, 0.2) is 0 Å². The van der Waals surface area contributed by atoms with Gasteiger partial charge in [-0.25, -0.2) is 0 Å². The first-order chi connectivity index (χ1) is 14.9. The highest BCUT2D eigenvalue weighted by Gasteiger charge is 2.54. The number of benzene rings is 1. The number of aryl methyl sites for hydroxylation is 1. The summed E-state index contributed by atoms with van der Waals surface area (Å²) >= 11 is 0. The number of carbonyl (C=O) groups excluding carboxylic acids is 3. The molecule has 0 radical (unpaired) electrons. The van der Waals surface area contributed by atoms with Gasteiger partial charge in [0.05, 0.1) is 6.61 Å². The van der Waals surface area contributed by atoms with Crippen LogP contribution in [0.2, 0.25) is 0 Å². The van der Waals surface area contributed by atoms with E-state index in [1.165, 1.54) is 0 Å². The number of ether oxygens (including phenoxy) is 1. The SMILES string of the molecule is Cc1cccc(C(=O)N2C(C(=O)NC(C)C)COC23CCN(C(=O)CC(C)(C)C)CC3)c1. The van der Waals surface area contributed by atoms with Gasteiger partial charge in [0, 0.05) is 44.0 Å². The van der Waals surface area contributed by atoms with E-state index in [1.54, 1.807) is 11.0 Å². The van der Waals surface area contributed by atoms with Crippen molar-refractivity contribution in [2.45, 2.75) is 78.6 Å². The van der Waals surface area contributed by atoms with Crippen LogP contribution in [0.1, 0.15) is 69.8 Å². The van der Waals surface area contributed by atoms with Gasteiger partial charge >= 0.3 is 0 Å². The van der Waals surface area contributed by atoms with Crippen LogP contribution in [0.15, 0.2) is 24.3 Å². The van der Waals surface area contributed by atoms with E-state index in [4.69, 9.17) is 4.74 Å². The van der Waals surface area contributed by atoms with E-state index in [0.717, 1.165) is 5.56 Å². The van der Waals surface area contributed by atoms with E-state index in [2.05, 4.69) is 26.1 Å². The predicted octanol–water partition coefficient (Wildman–Crippen LogP) is 3.12. The lowest BCUT2D eigenvalue weighted by atomic mass is 9.90. The second kappa shape index (κ2) is 9.22. The molecule has 176 valence electrons. The summed E-state index contributed by atoms with van der Waals surface area (Å²) in [6.45, 7) is 13.1. The Balaban J connectivity index is 1.85. The molecule has 7 heteroatoms. The Kier molecular flexibility index (Phi) is 6.98. The summed E-state index contributed by atoms with van der Waals surface area (Å²) in [5.74, 6) is -0.287. The molecule has 2 aliphatic rings. The number of likely N-dealkylation sites (tertiary alicyclic amines) is 1. The maximum absolute atomic E-state index is 13.7. The van der Waals surface area contributed by atoms with Crippen LogP contribution in [0.25, 0.3) is 0 Å². The van der Waals surface area contributed by atoms with Crippen molar-refractivity contribution in [3.63, 3.8) is 0 Å². The van der Waals surface area contributed by atoms with E-state index in [1.807, 2.05) is 43.9 Å². The summed E-state index contributed by atoms with van der Waals surface area (Å²) in [5.41, 5.74) is 0.570. The number of hydrogen-bond donors (Lipinski definition) is 1. The minimum atomic E-state index is -0.877. The van der Waals surface area contributed by atoms with Gasteiger partial charge in [0.2, 0.25) is 11.8 Å². The third-order valence-electron chi connectivity index (χ3n) is 6.06. The Hall–Kier alpha value is -2.41. The third-order valence-corrected chi connectivity index (χ3v) is 6.06. The zero-order valence-electron chi connectivity index (χ0n) is 20.2. The Morgan fingerprint density at radius 1 is 1.19 bits per heavy atom. The van der Waals surface area contributed by atoms with Gasteiger partial charge in [-0.05, 0) is 38.3 Å². The molecule has 2 heterocycles. The van der Waals surface area contributed by atoms with E-state index < -0.39 is 11.8 Å². The molecule has 1 atom stereocenters. The molecule has 2 aliphatic heterocycles. The molecule has 0 saturated carbocycles. The fourth-order valence-electron chi connectivity index (χ4n) is 4.54. The van der Waals surface area contributed by atoms with Crippen LogP contribution < -0.4 is 5.32 Å². The van der Waals surface area contributed by atoms with Crippen LogP contribution in [0, 0.1) is 12.3 Å². The standard InChI is InChI=1S/C25H37N3O4/c1-17(2)26-22(30)20-16-32-25(28(20)23(31)19-9-7-8-18(3)14-19)10-12-27(13-11-25)21(29)15-24(4,5)6/h7-9,14,17,20H,10-13,15-16H2,1-6H3,(H,26,30). The van der Waals surface area contributed by atoms with Gasteiger partial charge in [-0.3, -0.25) is 19.3 Å². The Bertz CT molecular complexity index is 866. The molecule has 3 rings (SSSR count). The highest BCUT2D eigenvalue weighted by molar-refractivity contribution is 5.98. The van der Waals surface area contributed by atoms with Gasteiger partial charge in [-0.15, -0.1) is 0 Å². The molecule has 0 aliphatic carbocycles. The van der Waals surface area contributed by atoms with Crippen molar-refractivity contribution < 1.29 is 19.1 Å². The summed E-state index contributed by atoms with van der Waals surface area (Å²) in [4.78, 5) is 42.9. The maximum atomic E-state index is 13.7. The van der Waals surface area contributed by atoms with Crippen LogP contribution in [0.3, 0.4) is 0 Å². The quantitative estimate of drug-likeness (QED) is 0.776. The number of rotatable bonds is 4. The minimum Gasteiger partial charge on any atom is -0.353 e. The number of nitrogens with zero attached hydrogens (tertiary/aromatic N) is 2. The molecular formula is C25H37N3O4. The molecule has 1 unspecified atom stereocenters. The largest absolute Gasteiger partial charge is 0.353 e.